The molecule has 0 saturated carbocycles. The van der Waals surface area contributed by atoms with Crippen molar-refractivity contribution < 1.29 is 14.6 Å². The Hall–Kier alpha value is -1.33. The van der Waals surface area contributed by atoms with Crippen LogP contribution in [0.15, 0.2) is 18.5 Å². The molecular formula is C11H18N2O3. The first-order chi connectivity index (χ1) is 7.54. The molecule has 0 aliphatic heterocycles. The Labute approximate surface area is 95.0 Å². The van der Waals surface area contributed by atoms with Crippen LogP contribution < -0.4 is 5.32 Å². The van der Waals surface area contributed by atoms with E-state index >= 15 is 0 Å². The fourth-order valence-electron chi connectivity index (χ4n) is 1.47. The molecule has 0 saturated heterocycles. The van der Waals surface area contributed by atoms with Crippen molar-refractivity contribution in [2.75, 3.05) is 7.11 Å². The molecule has 1 aromatic rings. The molecule has 1 heterocycles. The number of rotatable bonds is 5. The summed E-state index contributed by atoms with van der Waals surface area (Å²) in [5.74, 6) is -0.453. The average Bonchev–Trinajstić information content (AvgIpc) is 2.63. The van der Waals surface area contributed by atoms with Crippen LogP contribution in [0.4, 0.5) is 0 Å². The van der Waals surface area contributed by atoms with E-state index < -0.39 is 18.1 Å². The van der Waals surface area contributed by atoms with Gasteiger partial charge in [0.15, 0.2) is 0 Å². The Kier molecular flexibility index (Phi) is 4.52. The molecule has 90 valence electrons. The number of nitrogens with zero attached hydrogens (tertiary/aromatic N) is 1. The molecule has 0 radical (unpaired) electrons. The van der Waals surface area contributed by atoms with E-state index in [4.69, 9.17) is 0 Å². The molecule has 0 aliphatic carbocycles. The summed E-state index contributed by atoms with van der Waals surface area (Å²) in [6.07, 6.45) is 3.09. The zero-order valence-electron chi connectivity index (χ0n) is 9.80. The van der Waals surface area contributed by atoms with E-state index in [-0.39, 0.29) is 0 Å². The van der Waals surface area contributed by atoms with Gasteiger partial charge < -0.3 is 14.4 Å². The fourth-order valence-corrected chi connectivity index (χ4v) is 1.47. The van der Waals surface area contributed by atoms with Crippen molar-refractivity contribution >= 4 is 5.97 Å². The van der Waals surface area contributed by atoms with Crippen molar-refractivity contribution in [3.05, 3.63) is 24.0 Å². The number of nitrogens with one attached hydrogen (secondary N) is 1. The van der Waals surface area contributed by atoms with Crippen LogP contribution in [0.3, 0.4) is 0 Å². The Morgan fingerprint density at radius 1 is 1.69 bits per heavy atom. The second-order valence-corrected chi connectivity index (χ2v) is 3.81. The quantitative estimate of drug-likeness (QED) is 0.696. The Bertz CT molecular complexity index is 347. The molecule has 0 spiro atoms. The highest BCUT2D eigenvalue weighted by Crippen LogP contribution is 2.02. The molecule has 1 aromatic heterocycles. The zero-order valence-corrected chi connectivity index (χ0v) is 9.80. The number of carbonyl (C=O) groups is 1. The number of aliphatic hydroxyl groups excluding tert-OH is 1. The maximum absolute atomic E-state index is 11.3. The second kappa shape index (κ2) is 5.67. The highest BCUT2D eigenvalue weighted by molar-refractivity contribution is 5.76. The van der Waals surface area contributed by atoms with Gasteiger partial charge in [0.2, 0.25) is 0 Å². The van der Waals surface area contributed by atoms with Crippen molar-refractivity contribution in [1.29, 1.82) is 0 Å². The third-order valence-corrected chi connectivity index (χ3v) is 2.36. The van der Waals surface area contributed by atoms with Crippen LogP contribution in [0, 0.1) is 0 Å². The number of esters is 1. The third kappa shape index (κ3) is 3.36. The van der Waals surface area contributed by atoms with Crippen LogP contribution in [0.25, 0.3) is 0 Å². The predicted octanol–water partition coefficient (Wildman–Crippen LogP) is 0.0371. The summed E-state index contributed by atoms with van der Waals surface area (Å²) < 4.78 is 6.52. The van der Waals surface area contributed by atoms with E-state index in [1.54, 1.807) is 6.92 Å². The maximum Gasteiger partial charge on any atom is 0.325 e. The summed E-state index contributed by atoms with van der Waals surface area (Å²) >= 11 is 0. The van der Waals surface area contributed by atoms with Gasteiger partial charge in [-0.2, -0.15) is 0 Å². The smallest absolute Gasteiger partial charge is 0.325 e. The van der Waals surface area contributed by atoms with Gasteiger partial charge in [-0.1, -0.05) is 0 Å². The molecular weight excluding hydrogens is 208 g/mol. The minimum absolute atomic E-state index is 0.453. The molecule has 16 heavy (non-hydrogen) atoms. The SMILES string of the molecule is COC(=O)C(NCc1ccn(C)c1)C(C)O. The summed E-state index contributed by atoms with van der Waals surface area (Å²) in [5, 5.41) is 12.4. The van der Waals surface area contributed by atoms with Gasteiger partial charge in [-0.15, -0.1) is 0 Å². The molecule has 5 heteroatoms. The number of methoxy groups -OCH3 is 1. The monoisotopic (exact) mass is 226 g/mol. The van der Waals surface area contributed by atoms with Crippen molar-refractivity contribution in [2.45, 2.75) is 25.6 Å². The lowest BCUT2D eigenvalue weighted by Gasteiger charge is -2.18. The predicted molar refractivity (Wildman–Crippen MR) is 59.7 cm³/mol. The summed E-state index contributed by atoms with van der Waals surface area (Å²) in [6, 6.07) is 1.26. The van der Waals surface area contributed by atoms with Gasteiger partial charge in [0.1, 0.15) is 6.04 Å². The van der Waals surface area contributed by atoms with E-state index in [1.807, 2.05) is 30.1 Å². The molecule has 1 rings (SSSR count). The van der Waals surface area contributed by atoms with E-state index in [2.05, 4.69) is 10.1 Å². The van der Waals surface area contributed by atoms with Crippen LogP contribution in [0.1, 0.15) is 12.5 Å². The number of aromatic nitrogens is 1. The molecule has 0 aliphatic rings. The van der Waals surface area contributed by atoms with Crippen LogP contribution in [-0.2, 0) is 23.1 Å². The number of aryl methyl sites for hydroxylation is 1. The average molecular weight is 226 g/mol. The minimum atomic E-state index is -0.781. The van der Waals surface area contributed by atoms with Crippen LogP contribution in [0.2, 0.25) is 0 Å². The lowest BCUT2D eigenvalue weighted by atomic mass is 10.2. The molecule has 2 N–H and O–H groups in total. The van der Waals surface area contributed by atoms with Gasteiger partial charge >= 0.3 is 5.97 Å². The van der Waals surface area contributed by atoms with Gasteiger partial charge in [0, 0.05) is 26.0 Å². The van der Waals surface area contributed by atoms with Gasteiger partial charge in [-0.05, 0) is 18.6 Å². The van der Waals surface area contributed by atoms with Crippen molar-refractivity contribution in [3.8, 4) is 0 Å². The van der Waals surface area contributed by atoms with Gasteiger partial charge in [0.25, 0.3) is 0 Å². The number of carbonyl (C=O) groups excluding carboxylic acids is 1. The van der Waals surface area contributed by atoms with E-state index in [1.165, 1.54) is 7.11 Å². The Morgan fingerprint density at radius 2 is 2.38 bits per heavy atom. The van der Waals surface area contributed by atoms with Crippen LogP contribution in [-0.4, -0.2) is 34.9 Å². The summed E-state index contributed by atoms with van der Waals surface area (Å²) in [7, 11) is 3.23. The largest absolute Gasteiger partial charge is 0.468 e. The first-order valence-electron chi connectivity index (χ1n) is 5.14. The van der Waals surface area contributed by atoms with Crippen molar-refractivity contribution in [1.82, 2.24) is 9.88 Å². The molecule has 5 nitrogen and oxygen atoms in total. The molecule has 0 amide bonds. The van der Waals surface area contributed by atoms with Crippen molar-refractivity contribution in [2.24, 2.45) is 7.05 Å². The normalized spacial score (nSPS) is 14.5. The lowest BCUT2D eigenvalue weighted by Crippen LogP contribution is -2.45. The number of hydrogen-bond acceptors (Lipinski definition) is 4. The van der Waals surface area contributed by atoms with Crippen molar-refractivity contribution in [3.63, 3.8) is 0 Å². The first kappa shape index (κ1) is 12.7. The topological polar surface area (TPSA) is 63.5 Å². The molecule has 2 atom stereocenters. The molecule has 0 fully saturated rings. The van der Waals surface area contributed by atoms with Gasteiger partial charge in [-0.25, -0.2) is 0 Å². The minimum Gasteiger partial charge on any atom is -0.468 e. The van der Waals surface area contributed by atoms with Gasteiger partial charge in [0.05, 0.1) is 13.2 Å². The zero-order chi connectivity index (χ0) is 12.1. The fraction of sp³-hybridized carbons (Fsp3) is 0.545. The van der Waals surface area contributed by atoms with Crippen LogP contribution >= 0.6 is 0 Å². The summed E-state index contributed by atoms with van der Waals surface area (Å²) in [4.78, 5) is 11.3. The number of ether oxygens (including phenoxy) is 1. The highest BCUT2D eigenvalue weighted by atomic mass is 16.5. The highest BCUT2D eigenvalue weighted by Gasteiger charge is 2.23. The van der Waals surface area contributed by atoms with E-state index in [0.29, 0.717) is 6.54 Å². The number of hydrogen-bond donors (Lipinski definition) is 2. The van der Waals surface area contributed by atoms with Gasteiger partial charge in [-0.3, -0.25) is 10.1 Å². The van der Waals surface area contributed by atoms with Crippen LogP contribution in [0.5, 0.6) is 0 Å². The van der Waals surface area contributed by atoms with E-state index in [0.717, 1.165) is 5.56 Å². The summed E-state index contributed by atoms with van der Waals surface area (Å²) in [5.41, 5.74) is 1.05. The molecule has 2 unspecified atom stereocenters. The molecule has 0 bridgehead atoms. The summed E-state index contributed by atoms with van der Waals surface area (Å²) in [6.45, 7) is 2.07. The standard InChI is InChI=1S/C11H18N2O3/c1-8(14)10(11(15)16-3)12-6-9-4-5-13(2)7-9/h4-5,7-8,10,12,14H,6H2,1-3H3. The first-order valence-corrected chi connectivity index (χ1v) is 5.14. The number of aliphatic hydroxyl groups is 1. The molecule has 0 aromatic carbocycles. The third-order valence-electron chi connectivity index (χ3n) is 2.36. The lowest BCUT2D eigenvalue weighted by molar-refractivity contribution is -0.145. The Balaban J connectivity index is 2.53. The Morgan fingerprint density at radius 3 is 2.81 bits per heavy atom. The maximum atomic E-state index is 11.3. The second-order valence-electron chi connectivity index (χ2n) is 3.81. The van der Waals surface area contributed by atoms with E-state index in [9.17, 15) is 9.90 Å².